The van der Waals surface area contributed by atoms with Crippen molar-refractivity contribution in [2.75, 3.05) is 20.6 Å². The van der Waals surface area contributed by atoms with Gasteiger partial charge < -0.3 is 10.2 Å². The summed E-state index contributed by atoms with van der Waals surface area (Å²) in [5.41, 5.74) is 1.04. The second-order valence-corrected chi connectivity index (χ2v) is 4.56. The van der Waals surface area contributed by atoms with Crippen molar-refractivity contribution < 1.29 is 9.72 Å². The van der Waals surface area contributed by atoms with Crippen LogP contribution in [-0.4, -0.2) is 36.4 Å². The number of nitro benzene ring substituents is 1. The summed E-state index contributed by atoms with van der Waals surface area (Å²) in [6, 6.07) is 6.47. The van der Waals surface area contributed by atoms with E-state index in [0.29, 0.717) is 13.0 Å². The molecule has 1 atom stereocenters. The highest BCUT2D eigenvalue weighted by molar-refractivity contribution is 5.75. The molecule has 0 aromatic heterocycles. The summed E-state index contributed by atoms with van der Waals surface area (Å²) in [6.07, 6.45) is 0.435. The standard InChI is InChI=1S/C13H19N3O3/c1-10(14-9-8-13(17)15(2)3)11-4-6-12(7-5-11)16(18)19/h4-7,10,14H,8-9H2,1-3H3. The SMILES string of the molecule is CC(NCCC(=O)N(C)C)c1ccc([N+](=O)[O-])cc1. The molecule has 0 radical (unpaired) electrons. The second kappa shape index (κ2) is 6.84. The molecule has 1 aromatic rings. The van der Waals surface area contributed by atoms with Crippen molar-refractivity contribution in [1.29, 1.82) is 0 Å². The van der Waals surface area contributed by atoms with Gasteiger partial charge in [-0.3, -0.25) is 14.9 Å². The van der Waals surface area contributed by atoms with Crippen LogP contribution in [0.25, 0.3) is 0 Å². The van der Waals surface area contributed by atoms with Gasteiger partial charge in [0.15, 0.2) is 0 Å². The maximum atomic E-state index is 11.4. The molecule has 1 amide bonds. The summed E-state index contributed by atoms with van der Waals surface area (Å²) in [6.45, 7) is 2.54. The molecule has 0 saturated heterocycles. The molecule has 0 fully saturated rings. The summed E-state index contributed by atoms with van der Waals surface area (Å²) >= 11 is 0. The van der Waals surface area contributed by atoms with Gasteiger partial charge in [0.05, 0.1) is 4.92 Å². The van der Waals surface area contributed by atoms with E-state index in [0.717, 1.165) is 5.56 Å². The Morgan fingerprint density at radius 3 is 2.42 bits per heavy atom. The van der Waals surface area contributed by atoms with Crippen molar-refractivity contribution in [3.63, 3.8) is 0 Å². The summed E-state index contributed by atoms with van der Waals surface area (Å²) in [4.78, 5) is 23.1. The number of hydrogen-bond donors (Lipinski definition) is 1. The Hall–Kier alpha value is -1.95. The highest BCUT2D eigenvalue weighted by Crippen LogP contribution is 2.17. The van der Waals surface area contributed by atoms with Crippen LogP contribution in [0.2, 0.25) is 0 Å². The van der Waals surface area contributed by atoms with E-state index < -0.39 is 4.92 Å². The smallest absolute Gasteiger partial charge is 0.269 e. The molecule has 0 saturated carbocycles. The molecule has 0 spiro atoms. The van der Waals surface area contributed by atoms with Crippen LogP contribution in [-0.2, 0) is 4.79 Å². The molecule has 6 nitrogen and oxygen atoms in total. The minimum Gasteiger partial charge on any atom is -0.349 e. The largest absolute Gasteiger partial charge is 0.349 e. The van der Waals surface area contributed by atoms with Gasteiger partial charge >= 0.3 is 0 Å². The highest BCUT2D eigenvalue weighted by atomic mass is 16.6. The normalized spacial score (nSPS) is 11.9. The molecule has 19 heavy (non-hydrogen) atoms. The van der Waals surface area contributed by atoms with Gasteiger partial charge in [0.25, 0.3) is 5.69 Å². The van der Waals surface area contributed by atoms with E-state index in [2.05, 4.69) is 5.32 Å². The van der Waals surface area contributed by atoms with Crippen molar-refractivity contribution in [3.8, 4) is 0 Å². The fourth-order valence-electron chi connectivity index (χ4n) is 1.62. The Bertz CT molecular complexity index is 443. The first-order chi connectivity index (χ1) is 8.91. The van der Waals surface area contributed by atoms with Crippen LogP contribution < -0.4 is 5.32 Å². The van der Waals surface area contributed by atoms with Gasteiger partial charge in [-0.25, -0.2) is 0 Å². The van der Waals surface area contributed by atoms with Gasteiger partial charge in [-0.15, -0.1) is 0 Å². The molecule has 0 aliphatic carbocycles. The van der Waals surface area contributed by atoms with Crippen molar-refractivity contribution in [2.45, 2.75) is 19.4 Å². The number of non-ortho nitro benzene ring substituents is 1. The van der Waals surface area contributed by atoms with Crippen LogP contribution in [0.3, 0.4) is 0 Å². The predicted molar refractivity (Wildman–Crippen MR) is 72.8 cm³/mol. The third-order valence-electron chi connectivity index (χ3n) is 2.89. The van der Waals surface area contributed by atoms with E-state index in [4.69, 9.17) is 0 Å². The van der Waals surface area contributed by atoms with Crippen LogP contribution in [0.4, 0.5) is 5.69 Å². The minimum absolute atomic E-state index is 0.0516. The maximum absolute atomic E-state index is 11.4. The molecular formula is C13H19N3O3. The molecular weight excluding hydrogens is 246 g/mol. The van der Waals surface area contributed by atoms with Crippen LogP contribution in [0.1, 0.15) is 24.9 Å². The first-order valence-electron chi connectivity index (χ1n) is 6.09. The number of nitrogens with zero attached hydrogens (tertiary/aromatic N) is 2. The third kappa shape index (κ3) is 4.67. The van der Waals surface area contributed by atoms with E-state index in [-0.39, 0.29) is 17.6 Å². The molecule has 0 heterocycles. The van der Waals surface area contributed by atoms with E-state index in [1.807, 2.05) is 6.92 Å². The molecule has 1 aromatic carbocycles. The quantitative estimate of drug-likeness (QED) is 0.627. The Morgan fingerprint density at radius 2 is 1.95 bits per heavy atom. The maximum Gasteiger partial charge on any atom is 0.269 e. The number of hydrogen-bond acceptors (Lipinski definition) is 4. The minimum atomic E-state index is -0.419. The van der Waals surface area contributed by atoms with Crippen molar-refractivity contribution in [1.82, 2.24) is 10.2 Å². The van der Waals surface area contributed by atoms with Crippen LogP contribution in [0.5, 0.6) is 0 Å². The van der Waals surface area contributed by atoms with E-state index in [1.54, 1.807) is 31.1 Å². The number of amides is 1. The Balaban J connectivity index is 2.47. The molecule has 0 bridgehead atoms. The zero-order valence-electron chi connectivity index (χ0n) is 11.4. The van der Waals surface area contributed by atoms with Crippen LogP contribution in [0.15, 0.2) is 24.3 Å². The number of carbonyl (C=O) groups excluding carboxylic acids is 1. The molecule has 0 aliphatic rings. The molecule has 6 heteroatoms. The Labute approximate surface area is 112 Å². The Kier molecular flexibility index (Phi) is 5.44. The lowest BCUT2D eigenvalue weighted by molar-refractivity contribution is -0.384. The molecule has 1 N–H and O–H groups in total. The average Bonchev–Trinajstić information content (AvgIpc) is 2.38. The topological polar surface area (TPSA) is 75.5 Å². The summed E-state index contributed by atoms with van der Waals surface area (Å²) < 4.78 is 0. The summed E-state index contributed by atoms with van der Waals surface area (Å²) in [5.74, 6) is 0.0726. The lowest BCUT2D eigenvalue weighted by atomic mass is 10.1. The average molecular weight is 265 g/mol. The highest BCUT2D eigenvalue weighted by Gasteiger charge is 2.09. The molecule has 0 aliphatic heterocycles. The second-order valence-electron chi connectivity index (χ2n) is 4.56. The fraction of sp³-hybridized carbons (Fsp3) is 0.462. The van der Waals surface area contributed by atoms with Crippen molar-refractivity contribution >= 4 is 11.6 Å². The van der Waals surface area contributed by atoms with E-state index >= 15 is 0 Å². The predicted octanol–water partition coefficient (Wildman–Crippen LogP) is 1.72. The van der Waals surface area contributed by atoms with Crippen LogP contribution >= 0.6 is 0 Å². The summed E-state index contributed by atoms with van der Waals surface area (Å²) in [7, 11) is 3.45. The van der Waals surface area contributed by atoms with Gasteiger partial charge in [0.2, 0.25) is 5.91 Å². The lowest BCUT2D eigenvalue weighted by Crippen LogP contribution is -2.28. The fourth-order valence-corrected chi connectivity index (χ4v) is 1.62. The van der Waals surface area contributed by atoms with Crippen molar-refractivity contribution in [3.05, 3.63) is 39.9 Å². The third-order valence-corrected chi connectivity index (χ3v) is 2.89. The van der Waals surface area contributed by atoms with Gasteiger partial charge in [-0.05, 0) is 12.5 Å². The van der Waals surface area contributed by atoms with E-state index in [1.165, 1.54) is 12.1 Å². The number of benzene rings is 1. The molecule has 1 unspecified atom stereocenters. The zero-order chi connectivity index (χ0) is 14.4. The zero-order valence-corrected chi connectivity index (χ0v) is 11.4. The Morgan fingerprint density at radius 1 is 1.37 bits per heavy atom. The lowest BCUT2D eigenvalue weighted by Gasteiger charge is -2.15. The number of nitrogens with one attached hydrogen (secondary N) is 1. The van der Waals surface area contributed by atoms with Crippen LogP contribution in [0, 0.1) is 10.1 Å². The number of rotatable bonds is 6. The van der Waals surface area contributed by atoms with Gasteiger partial charge in [-0.2, -0.15) is 0 Å². The number of carbonyl (C=O) groups is 1. The molecule has 1 rings (SSSR count). The van der Waals surface area contributed by atoms with Crippen molar-refractivity contribution in [2.24, 2.45) is 0 Å². The van der Waals surface area contributed by atoms with E-state index in [9.17, 15) is 14.9 Å². The first kappa shape index (κ1) is 15.1. The monoisotopic (exact) mass is 265 g/mol. The molecule has 104 valence electrons. The first-order valence-corrected chi connectivity index (χ1v) is 6.09. The van der Waals surface area contributed by atoms with Gasteiger partial charge in [-0.1, -0.05) is 12.1 Å². The number of nitro groups is 1. The van der Waals surface area contributed by atoms with Gasteiger partial charge in [0, 0.05) is 45.2 Å². The summed E-state index contributed by atoms with van der Waals surface area (Å²) in [5, 5.41) is 13.8. The van der Waals surface area contributed by atoms with Gasteiger partial charge in [0.1, 0.15) is 0 Å².